The number of para-hydroxylation sites is 2. The molecule has 7 nitrogen and oxygen atoms in total. The molecule has 0 bridgehead atoms. The molecule has 140 valence electrons. The van der Waals surface area contributed by atoms with Crippen LogP contribution in [0.2, 0.25) is 0 Å². The Morgan fingerprint density at radius 1 is 1.26 bits per heavy atom. The van der Waals surface area contributed by atoms with Crippen LogP contribution in [0.1, 0.15) is 48.1 Å². The Balaban J connectivity index is 1.89. The molecule has 1 unspecified atom stereocenters. The lowest BCUT2D eigenvalue weighted by molar-refractivity contribution is -0.385. The maximum Gasteiger partial charge on any atom is 0.273 e. The van der Waals surface area contributed by atoms with Crippen molar-refractivity contribution >= 4 is 22.6 Å². The summed E-state index contributed by atoms with van der Waals surface area (Å²) in [5.41, 5.74) is 2.46. The van der Waals surface area contributed by atoms with Crippen molar-refractivity contribution < 1.29 is 9.72 Å². The van der Waals surface area contributed by atoms with Crippen LogP contribution in [-0.4, -0.2) is 20.8 Å². The Kier molecular flexibility index (Phi) is 5.21. The number of aryl methyl sites for hydroxylation is 1. The Hall–Kier alpha value is -3.22. The molecule has 2 aromatic carbocycles. The van der Waals surface area contributed by atoms with Crippen LogP contribution in [0.4, 0.5) is 5.69 Å². The number of nitro groups is 1. The SMILES string of the molecule is Cc1ccc(C(=O)NC(CC(C)C)c2nc3ccccc3[nH]2)cc1[N+](=O)[O-]. The third-order valence-corrected chi connectivity index (χ3v) is 4.42. The van der Waals surface area contributed by atoms with Crippen molar-refractivity contribution in [3.63, 3.8) is 0 Å². The molecule has 0 aliphatic heterocycles. The summed E-state index contributed by atoms with van der Waals surface area (Å²) in [6, 6.07) is 11.9. The zero-order chi connectivity index (χ0) is 19.6. The van der Waals surface area contributed by atoms with Gasteiger partial charge >= 0.3 is 0 Å². The second-order valence-electron chi connectivity index (χ2n) is 7.05. The fourth-order valence-electron chi connectivity index (χ4n) is 3.04. The van der Waals surface area contributed by atoms with E-state index in [0.29, 0.717) is 23.7 Å². The molecule has 0 fully saturated rings. The normalized spacial score (nSPS) is 12.3. The molecule has 0 aliphatic rings. The van der Waals surface area contributed by atoms with Crippen molar-refractivity contribution in [2.24, 2.45) is 5.92 Å². The van der Waals surface area contributed by atoms with Crippen LogP contribution in [0, 0.1) is 23.0 Å². The van der Waals surface area contributed by atoms with Crippen molar-refractivity contribution in [1.29, 1.82) is 0 Å². The minimum Gasteiger partial charge on any atom is -0.342 e. The Morgan fingerprint density at radius 3 is 2.67 bits per heavy atom. The van der Waals surface area contributed by atoms with E-state index >= 15 is 0 Å². The molecule has 3 aromatic rings. The molecule has 0 saturated carbocycles. The molecule has 2 N–H and O–H groups in total. The number of imidazole rings is 1. The number of fused-ring (bicyclic) bond motifs is 1. The minimum atomic E-state index is -0.475. The van der Waals surface area contributed by atoms with E-state index in [-0.39, 0.29) is 23.2 Å². The summed E-state index contributed by atoms with van der Waals surface area (Å²) in [5.74, 6) is 0.653. The lowest BCUT2D eigenvalue weighted by Gasteiger charge is -2.19. The number of carbonyl (C=O) groups is 1. The molecular weight excluding hydrogens is 344 g/mol. The highest BCUT2D eigenvalue weighted by Crippen LogP contribution is 2.24. The van der Waals surface area contributed by atoms with Gasteiger partial charge in [0.25, 0.3) is 11.6 Å². The average molecular weight is 366 g/mol. The molecule has 0 saturated heterocycles. The van der Waals surface area contributed by atoms with Gasteiger partial charge < -0.3 is 10.3 Å². The first-order valence-electron chi connectivity index (χ1n) is 8.85. The van der Waals surface area contributed by atoms with Gasteiger partial charge in [0.1, 0.15) is 5.82 Å². The molecule has 1 atom stereocenters. The van der Waals surface area contributed by atoms with Gasteiger partial charge in [-0.15, -0.1) is 0 Å². The predicted molar refractivity (Wildman–Crippen MR) is 104 cm³/mol. The van der Waals surface area contributed by atoms with Gasteiger partial charge in [0.2, 0.25) is 0 Å². The Bertz CT molecular complexity index is 961. The van der Waals surface area contributed by atoms with E-state index in [1.807, 2.05) is 24.3 Å². The summed E-state index contributed by atoms with van der Waals surface area (Å²) in [7, 11) is 0. The number of nitro benzene ring substituents is 1. The first-order valence-corrected chi connectivity index (χ1v) is 8.85. The summed E-state index contributed by atoms with van der Waals surface area (Å²) < 4.78 is 0. The molecule has 1 amide bonds. The van der Waals surface area contributed by atoms with Gasteiger partial charge in [-0.3, -0.25) is 14.9 Å². The monoisotopic (exact) mass is 366 g/mol. The number of rotatable bonds is 6. The molecule has 1 aromatic heterocycles. The fraction of sp³-hybridized carbons (Fsp3) is 0.300. The highest BCUT2D eigenvalue weighted by atomic mass is 16.6. The van der Waals surface area contributed by atoms with Crippen molar-refractivity contribution in [2.75, 3.05) is 0 Å². The number of hydrogen-bond acceptors (Lipinski definition) is 4. The number of amides is 1. The van der Waals surface area contributed by atoms with Gasteiger partial charge in [-0.05, 0) is 37.5 Å². The summed E-state index contributed by atoms with van der Waals surface area (Å²) in [4.78, 5) is 31.3. The molecular formula is C20H22N4O3. The van der Waals surface area contributed by atoms with Gasteiger partial charge in [-0.25, -0.2) is 4.98 Å². The maximum atomic E-state index is 12.7. The third kappa shape index (κ3) is 4.13. The van der Waals surface area contributed by atoms with Gasteiger partial charge in [0.05, 0.1) is 22.0 Å². The number of aromatic amines is 1. The number of nitrogens with zero attached hydrogens (tertiary/aromatic N) is 2. The number of aromatic nitrogens is 2. The van der Waals surface area contributed by atoms with E-state index in [4.69, 9.17) is 0 Å². The number of hydrogen-bond donors (Lipinski definition) is 2. The summed E-state index contributed by atoms with van der Waals surface area (Å²) >= 11 is 0. The average Bonchev–Trinajstić information content (AvgIpc) is 3.05. The Morgan fingerprint density at radius 2 is 2.00 bits per heavy atom. The van der Waals surface area contributed by atoms with Gasteiger partial charge in [-0.1, -0.05) is 32.0 Å². The second kappa shape index (κ2) is 7.57. The van der Waals surface area contributed by atoms with E-state index in [1.54, 1.807) is 19.1 Å². The quantitative estimate of drug-likeness (QED) is 0.502. The highest BCUT2D eigenvalue weighted by Gasteiger charge is 2.22. The van der Waals surface area contributed by atoms with Crippen LogP contribution in [0.5, 0.6) is 0 Å². The predicted octanol–water partition coefficient (Wildman–Crippen LogP) is 4.30. The Labute approximate surface area is 157 Å². The van der Waals surface area contributed by atoms with Gasteiger partial charge in [0.15, 0.2) is 0 Å². The van der Waals surface area contributed by atoms with Gasteiger partial charge in [-0.2, -0.15) is 0 Å². The van der Waals surface area contributed by atoms with Crippen LogP contribution >= 0.6 is 0 Å². The van der Waals surface area contributed by atoms with Crippen LogP contribution < -0.4 is 5.32 Å². The number of benzene rings is 2. The van der Waals surface area contributed by atoms with E-state index in [1.165, 1.54) is 6.07 Å². The van der Waals surface area contributed by atoms with Crippen molar-refractivity contribution in [3.8, 4) is 0 Å². The molecule has 27 heavy (non-hydrogen) atoms. The van der Waals surface area contributed by atoms with Crippen molar-refractivity contribution in [3.05, 3.63) is 69.5 Å². The first-order chi connectivity index (χ1) is 12.8. The standard InChI is InChI=1S/C20H22N4O3/c1-12(2)10-17(19-21-15-6-4-5-7-16(15)22-19)23-20(25)14-9-8-13(3)18(11-14)24(26)27/h4-9,11-12,17H,10H2,1-3H3,(H,21,22)(H,23,25). The molecule has 0 aliphatic carbocycles. The largest absolute Gasteiger partial charge is 0.342 e. The second-order valence-corrected chi connectivity index (χ2v) is 7.05. The number of nitrogens with one attached hydrogen (secondary N) is 2. The van der Waals surface area contributed by atoms with Crippen LogP contribution in [-0.2, 0) is 0 Å². The lowest BCUT2D eigenvalue weighted by Crippen LogP contribution is -2.30. The van der Waals surface area contributed by atoms with Crippen molar-refractivity contribution in [1.82, 2.24) is 15.3 Å². The summed E-state index contributed by atoms with van der Waals surface area (Å²) in [5, 5.41) is 14.1. The molecule has 1 heterocycles. The molecule has 0 radical (unpaired) electrons. The highest BCUT2D eigenvalue weighted by molar-refractivity contribution is 5.95. The minimum absolute atomic E-state index is 0.0632. The maximum absolute atomic E-state index is 12.7. The zero-order valence-corrected chi connectivity index (χ0v) is 15.5. The molecule has 3 rings (SSSR count). The van der Waals surface area contributed by atoms with Crippen molar-refractivity contribution in [2.45, 2.75) is 33.2 Å². The first kappa shape index (κ1) is 18.6. The number of carbonyl (C=O) groups excluding carboxylic acids is 1. The number of H-pyrrole nitrogens is 1. The summed E-state index contributed by atoms with van der Waals surface area (Å²) in [6.07, 6.45) is 0.694. The van der Waals surface area contributed by atoms with E-state index < -0.39 is 4.92 Å². The van der Waals surface area contributed by atoms with E-state index in [0.717, 1.165) is 11.0 Å². The van der Waals surface area contributed by atoms with Crippen LogP contribution in [0.3, 0.4) is 0 Å². The van der Waals surface area contributed by atoms with Gasteiger partial charge in [0, 0.05) is 17.2 Å². The lowest BCUT2D eigenvalue weighted by atomic mass is 10.0. The molecule has 0 spiro atoms. The van der Waals surface area contributed by atoms with Crippen LogP contribution in [0.15, 0.2) is 42.5 Å². The third-order valence-electron chi connectivity index (χ3n) is 4.42. The molecule has 7 heteroatoms. The topological polar surface area (TPSA) is 101 Å². The summed E-state index contributed by atoms with van der Waals surface area (Å²) in [6.45, 7) is 5.78. The fourth-order valence-corrected chi connectivity index (χ4v) is 3.04. The van der Waals surface area contributed by atoms with Crippen LogP contribution in [0.25, 0.3) is 11.0 Å². The van der Waals surface area contributed by atoms with E-state index in [2.05, 4.69) is 29.1 Å². The zero-order valence-electron chi connectivity index (χ0n) is 15.5. The van der Waals surface area contributed by atoms with E-state index in [9.17, 15) is 14.9 Å². The smallest absolute Gasteiger partial charge is 0.273 e.